The summed E-state index contributed by atoms with van der Waals surface area (Å²) in [5.41, 5.74) is 8.80. The average molecular weight is 451 g/mol. The number of methoxy groups -OCH3 is 1. The summed E-state index contributed by atoms with van der Waals surface area (Å²) < 4.78 is 5.44. The van der Waals surface area contributed by atoms with Crippen LogP contribution in [0.15, 0.2) is 48.7 Å². The fraction of sp³-hybridized carbons (Fsp3) is 0.174. The molecule has 9 heteroatoms. The number of fused-ring (bicyclic) bond motifs is 1. The molecule has 1 aromatic heterocycles. The largest absolute Gasteiger partial charge is 0.494 e. The van der Waals surface area contributed by atoms with E-state index in [4.69, 9.17) is 22.1 Å². The van der Waals surface area contributed by atoms with Crippen LogP contribution in [0, 0.1) is 11.3 Å². The second kappa shape index (κ2) is 10.0. The van der Waals surface area contributed by atoms with Crippen LogP contribution in [0.4, 0.5) is 22.7 Å². The van der Waals surface area contributed by atoms with Gasteiger partial charge in [-0.3, -0.25) is 9.78 Å². The second-order valence-electron chi connectivity index (χ2n) is 7.24. The van der Waals surface area contributed by atoms with Gasteiger partial charge in [-0.05, 0) is 38.4 Å². The lowest BCUT2D eigenvalue weighted by molar-refractivity contribution is -0.111. The molecule has 0 atom stereocenters. The van der Waals surface area contributed by atoms with Crippen LogP contribution in [0.3, 0.4) is 0 Å². The van der Waals surface area contributed by atoms with Crippen molar-refractivity contribution in [1.29, 1.82) is 5.26 Å². The van der Waals surface area contributed by atoms with E-state index >= 15 is 0 Å². The number of ether oxygens (including phenoxy) is 1. The smallest absolute Gasteiger partial charge is 0.248 e. The topological polar surface area (TPSA) is 116 Å². The summed E-state index contributed by atoms with van der Waals surface area (Å²) in [6.07, 6.45) is 4.70. The normalized spacial score (nSPS) is 11.0. The van der Waals surface area contributed by atoms with Crippen molar-refractivity contribution in [2.45, 2.75) is 0 Å². The lowest BCUT2D eigenvalue weighted by Gasteiger charge is -2.15. The molecule has 2 aromatic carbocycles. The predicted molar refractivity (Wildman–Crippen MR) is 128 cm³/mol. The number of nitrogens with zero attached hydrogens (tertiary/aromatic N) is 3. The Balaban J connectivity index is 2.05. The number of halogens is 1. The van der Waals surface area contributed by atoms with Gasteiger partial charge >= 0.3 is 0 Å². The summed E-state index contributed by atoms with van der Waals surface area (Å²) in [7, 11) is 5.34. The van der Waals surface area contributed by atoms with E-state index in [1.807, 2.05) is 19.0 Å². The highest BCUT2D eigenvalue weighted by atomic mass is 35.5. The zero-order valence-corrected chi connectivity index (χ0v) is 18.7. The molecule has 32 heavy (non-hydrogen) atoms. The first-order valence-corrected chi connectivity index (χ1v) is 10.0. The van der Waals surface area contributed by atoms with Crippen LogP contribution in [0.2, 0.25) is 5.02 Å². The molecule has 3 aromatic rings. The van der Waals surface area contributed by atoms with Crippen LogP contribution in [0.25, 0.3) is 10.9 Å². The molecule has 0 radical (unpaired) electrons. The number of rotatable bonds is 7. The monoisotopic (exact) mass is 450 g/mol. The number of nitrogen functional groups attached to an aromatic ring is 1. The van der Waals surface area contributed by atoms with Crippen molar-refractivity contribution in [3.8, 4) is 11.8 Å². The molecular formula is C23H23ClN6O2. The van der Waals surface area contributed by atoms with Gasteiger partial charge in [0.15, 0.2) is 0 Å². The minimum Gasteiger partial charge on any atom is -0.494 e. The van der Waals surface area contributed by atoms with Crippen molar-refractivity contribution in [2.24, 2.45) is 0 Å². The molecule has 0 bridgehead atoms. The van der Waals surface area contributed by atoms with Gasteiger partial charge in [0.1, 0.15) is 11.8 Å². The standard InChI is InChI=1S/C23H23ClN6O2/c1-30(2)8-4-5-22(31)29-20-10-16-19(11-21(20)32-3)27-13-14(12-25)23(16)28-15-6-7-18(26)17(24)9-15/h4-7,9-11,13H,8,26H2,1-3H3,(H,27,28)(H,29,31)/b5-4+. The zero-order chi connectivity index (χ0) is 23.3. The second-order valence-corrected chi connectivity index (χ2v) is 7.65. The van der Waals surface area contributed by atoms with Gasteiger partial charge in [0.2, 0.25) is 5.91 Å². The SMILES string of the molecule is COc1cc2ncc(C#N)c(Nc3ccc(N)c(Cl)c3)c2cc1NC(=O)/C=C/CN(C)C. The molecule has 0 aliphatic rings. The van der Waals surface area contributed by atoms with Crippen LogP contribution in [0.1, 0.15) is 5.56 Å². The van der Waals surface area contributed by atoms with E-state index in [1.54, 1.807) is 36.4 Å². The summed E-state index contributed by atoms with van der Waals surface area (Å²) in [6, 6.07) is 10.7. The van der Waals surface area contributed by atoms with Crippen molar-refractivity contribution in [3.05, 3.63) is 59.3 Å². The number of nitriles is 1. The van der Waals surface area contributed by atoms with Gasteiger partial charge in [0, 0.05) is 36.0 Å². The van der Waals surface area contributed by atoms with Crippen LogP contribution in [-0.4, -0.2) is 43.5 Å². The molecule has 0 aliphatic carbocycles. The number of likely N-dealkylation sites (N-methyl/N-ethyl adjacent to an activating group) is 1. The molecule has 8 nitrogen and oxygen atoms in total. The summed E-state index contributed by atoms with van der Waals surface area (Å²) in [5, 5.41) is 16.7. The van der Waals surface area contributed by atoms with E-state index in [0.29, 0.717) is 56.5 Å². The molecule has 3 rings (SSSR count). The summed E-state index contributed by atoms with van der Waals surface area (Å²) in [5.74, 6) is 0.152. The molecule has 0 fully saturated rings. The third-order valence-electron chi connectivity index (χ3n) is 4.58. The number of hydrogen-bond donors (Lipinski definition) is 3. The number of anilines is 4. The van der Waals surface area contributed by atoms with Crippen molar-refractivity contribution in [1.82, 2.24) is 9.88 Å². The zero-order valence-electron chi connectivity index (χ0n) is 17.9. The Labute approximate surface area is 191 Å². The summed E-state index contributed by atoms with van der Waals surface area (Å²) >= 11 is 6.14. The molecule has 0 aliphatic heterocycles. The molecule has 4 N–H and O–H groups in total. The Morgan fingerprint density at radius 3 is 2.78 bits per heavy atom. The van der Waals surface area contributed by atoms with E-state index in [1.165, 1.54) is 19.4 Å². The van der Waals surface area contributed by atoms with E-state index < -0.39 is 0 Å². The Hall–Kier alpha value is -3.80. The highest BCUT2D eigenvalue weighted by Gasteiger charge is 2.15. The lowest BCUT2D eigenvalue weighted by Crippen LogP contribution is -2.13. The number of nitrogens with two attached hydrogens (primary N) is 1. The van der Waals surface area contributed by atoms with E-state index in [2.05, 4.69) is 21.7 Å². The van der Waals surface area contributed by atoms with Crippen molar-refractivity contribution in [2.75, 3.05) is 44.1 Å². The van der Waals surface area contributed by atoms with E-state index in [-0.39, 0.29) is 5.91 Å². The van der Waals surface area contributed by atoms with Crippen LogP contribution >= 0.6 is 11.6 Å². The number of aromatic nitrogens is 1. The van der Waals surface area contributed by atoms with Crippen LogP contribution < -0.4 is 21.1 Å². The maximum atomic E-state index is 12.4. The van der Waals surface area contributed by atoms with Gasteiger partial charge < -0.3 is 26.0 Å². The Morgan fingerprint density at radius 2 is 2.12 bits per heavy atom. The highest BCUT2D eigenvalue weighted by molar-refractivity contribution is 6.33. The Morgan fingerprint density at radius 1 is 1.34 bits per heavy atom. The maximum absolute atomic E-state index is 12.4. The summed E-state index contributed by atoms with van der Waals surface area (Å²) in [4.78, 5) is 18.7. The third-order valence-corrected chi connectivity index (χ3v) is 4.90. The number of carbonyl (C=O) groups is 1. The lowest BCUT2D eigenvalue weighted by atomic mass is 10.1. The third kappa shape index (κ3) is 5.27. The van der Waals surface area contributed by atoms with Crippen LogP contribution in [0.5, 0.6) is 5.75 Å². The summed E-state index contributed by atoms with van der Waals surface area (Å²) in [6.45, 7) is 0.635. The first kappa shape index (κ1) is 22.9. The molecule has 164 valence electrons. The van der Waals surface area contributed by atoms with Gasteiger partial charge in [-0.25, -0.2) is 0 Å². The highest BCUT2D eigenvalue weighted by Crippen LogP contribution is 2.36. The van der Waals surface area contributed by atoms with Gasteiger partial charge in [0.25, 0.3) is 0 Å². The minimum absolute atomic E-state index is 0.297. The number of amides is 1. The first-order chi connectivity index (χ1) is 15.3. The Kier molecular flexibility index (Phi) is 7.15. The van der Waals surface area contributed by atoms with Crippen LogP contribution in [-0.2, 0) is 4.79 Å². The Bertz CT molecular complexity index is 1230. The van der Waals surface area contributed by atoms with Crippen molar-refractivity contribution in [3.63, 3.8) is 0 Å². The number of benzene rings is 2. The fourth-order valence-corrected chi connectivity index (χ4v) is 3.18. The molecular weight excluding hydrogens is 428 g/mol. The van der Waals surface area contributed by atoms with Gasteiger partial charge in [-0.1, -0.05) is 17.7 Å². The van der Waals surface area contributed by atoms with Crippen molar-refractivity contribution >= 4 is 51.2 Å². The number of carbonyl (C=O) groups excluding carboxylic acids is 1. The molecule has 0 spiro atoms. The average Bonchev–Trinajstić information content (AvgIpc) is 2.76. The van der Waals surface area contributed by atoms with E-state index in [0.717, 1.165) is 0 Å². The fourth-order valence-electron chi connectivity index (χ4n) is 3.00. The number of hydrogen-bond acceptors (Lipinski definition) is 7. The van der Waals surface area contributed by atoms with Gasteiger partial charge in [-0.2, -0.15) is 5.26 Å². The van der Waals surface area contributed by atoms with Crippen molar-refractivity contribution < 1.29 is 9.53 Å². The molecule has 1 amide bonds. The number of nitrogens with one attached hydrogen (secondary N) is 2. The first-order valence-electron chi connectivity index (χ1n) is 9.67. The van der Waals surface area contributed by atoms with E-state index in [9.17, 15) is 10.1 Å². The number of pyridine rings is 1. The molecule has 0 unspecified atom stereocenters. The van der Waals surface area contributed by atoms with Gasteiger partial charge in [0.05, 0.1) is 40.3 Å². The quantitative estimate of drug-likeness (QED) is 0.365. The molecule has 0 saturated carbocycles. The predicted octanol–water partition coefficient (Wildman–Crippen LogP) is 4.15. The van der Waals surface area contributed by atoms with Gasteiger partial charge in [-0.15, -0.1) is 0 Å². The maximum Gasteiger partial charge on any atom is 0.248 e. The molecule has 0 saturated heterocycles. The molecule has 1 heterocycles. The minimum atomic E-state index is -0.297.